The molecule has 0 bridgehead atoms. The number of aryl methyl sites for hydroxylation is 2. The number of carbonyl (C=O) groups is 3. The SMILES string of the molecule is COCCNc1nc2cc(C(=O)N3CCCC(=O)N(C)[C@@H](C)C(=O)N[C@H](CC(C)C)c4nc(C)nn4CC3)ccc2n1C. The molecule has 0 saturated heterocycles. The van der Waals surface area contributed by atoms with Crippen molar-refractivity contribution in [3.8, 4) is 0 Å². The van der Waals surface area contributed by atoms with Crippen LogP contribution in [-0.2, 0) is 27.9 Å². The van der Waals surface area contributed by atoms with Gasteiger partial charge in [0.2, 0.25) is 17.8 Å². The van der Waals surface area contributed by atoms with Crippen LogP contribution in [-0.4, -0.2) is 98.3 Å². The molecule has 0 saturated carbocycles. The molecule has 13 heteroatoms. The number of anilines is 1. The summed E-state index contributed by atoms with van der Waals surface area (Å²) in [7, 11) is 5.22. The number of likely N-dealkylation sites (N-methyl/N-ethyl adjacent to an activating group) is 1. The first kappa shape index (κ1) is 31.9. The molecule has 0 aliphatic carbocycles. The summed E-state index contributed by atoms with van der Waals surface area (Å²) in [6.45, 7) is 10.0. The van der Waals surface area contributed by atoms with Crippen molar-refractivity contribution in [3.05, 3.63) is 35.4 Å². The number of imidazole rings is 1. The summed E-state index contributed by atoms with van der Waals surface area (Å²) in [5.74, 6) is 1.70. The second-order valence-corrected chi connectivity index (χ2v) is 11.6. The van der Waals surface area contributed by atoms with Gasteiger partial charge in [0.1, 0.15) is 17.7 Å². The average Bonchev–Trinajstić information content (AvgIpc) is 3.50. The van der Waals surface area contributed by atoms with Gasteiger partial charge < -0.3 is 29.7 Å². The fraction of sp³-hybridized carbons (Fsp3) is 0.600. The van der Waals surface area contributed by atoms with E-state index in [4.69, 9.17) is 4.74 Å². The number of methoxy groups -OCH3 is 1. The highest BCUT2D eigenvalue weighted by atomic mass is 16.5. The number of nitrogens with one attached hydrogen (secondary N) is 2. The minimum absolute atomic E-state index is 0.144. The molecule has 2 atom stereocenters. The van der Waals surface area contributed by atoms with E-state index in [9.17, 15) is 14.4 Å². The number of fused-ring (bicyclic) bond motifs is 2. The number of nitrogens with zero attached hydrogens (tertiary/aromatic N) is 7. The first-order chi connectivity index (χ1) is 20.5. The van der Waals surface area contributed by atoms with E-state index >= 15 is 0 Å². The molecular formula is C30H45N9O4. The van der Waals surface area contributed by atoms with E-state index in [-0.39, 0.29) is 36.1 Å². The van der Waals surface area contributed by atoms with Crippen LogP contribution in [0, 0.1) is 12.8 Å². The molecule has 234 valence electrons. The number of carbonyl (C=O) groups excluding carboxylic acids is 3. The number of hydrogen-bond donors (Lipinski definition) is 2. The minimum atomic E-state index is -0.653. The van der Waals surface area contributed by atoms with Gasteiger partial charge >= 0.3 is 0 Å². The van der Waals surface area contributed by atoms with E-state index < -0.39 is 6.04 Å². The summed E-state index contributed by atoms with van der Waals surface area (Å²) >= 11 is 0. The Hall–Kier alpha value is -4.00. The Balaban J connectivity index is 1.64. The Morgan fingerprint density at radius 2 is 1.93 bits per heavy atom. The maximum Gasteiger partial charge on any atom is 0.253 e. The molecule has 3 amide bonds. The van der Waals surface area contributed by atoms with Crippen LogP contribution >= 0.6 is 0 Å². The van der Waals surface area contributed by atoms with E-state index in [2.05, 4.69) is 39.5 Å². The van der Waals surface area contributed by atoms with Gasteiger partial charge in [0.15, 0.2) is 0 Å². The van der Waals surface area contributed by atoms with Crippen LogP contribution in [0.3, 0.4) is 0 Å². The van der Waals surface area contributed by atoms with E-state index in [1.807, 2.05) is 36.7 Å². The Labute approximate surface area is 253 Å². The van der Waals surface area contributed by atoms with Crippen molar-refractivity contribution in [2.75, 3.05) is 45.7 Å². The molecule has 13 nitrogen and oxygen atoms in total. The summed E-state index contributed by atoms with van der Waals surface area (Å²) in [5.41, 5.74) is 2.14. The maximum atomic E-state index is 13.9. The molecule has 0 unspecified atom stereocenters. The topological polar surface area (TPSA) is 140 Å². The van der Waals surface area contributed by atoms with Crippen molar-refractivity contribution in [2.45, 2.75) is 65.6 Å². The Morgan fingerprint density at radius 1 is 1.16 bits per heavy atom. The smallest absolute Gasteiger partial charge is 0.253 e. The van der Waals surface area contributed by atoms with Crippen LogP contribution in [0.15, 0.2) is 18.2 Å². The van der Waals surface area contributed by atoms with Crippen molar-refractivity contribution in [1.82, 2.24) is 39.4 Å². The molecule has 0 spiro atoms. The molecule has 0 fully saturated rings. The maximum absolute atomic E-state index is 13.9. The lowest BCUT2D eigenvalue weighted by atomic mass is 10.0. The summed E-state index contributed by atoms with van der Waals surface area (Å²) < 4.78 is 8.87. The van der Waals surface area contributed by atoms with Gasteiger partial charge in [-0.2, -0.15) is 5.10 Å². The predicted octanol–water partition coefficient (Wildman–Crippen LogP) is 2.52. The first-order valence-corrected chi connectivity index (χ1v) is 15.0. The van der Waals surface area contributed by atoms with Crippen LogP contribution in [0.25, 0.3) is 11.0 Å². The van der Waals surface area contributed by atoms with Gasteiger partial charge in [0, 0.05) is 52.8 Å². The fourth-order valence-electron chi connectivity index (χ4n) is 5.34. The third-order valence-corrected chi connectivity index (χ3v) is 7.90. The van der Waals surface area contributed by atoms with Crippen LogP contribution in [0.1, 0.15) is 68.1 Å². The summed E-state index contributed by atoms with van der Waals surface area (Å²) in [6, 6.07) is 4.49. The highest BCUT2D eigenvalue weighted by molar-refractivity contribution is 5.97. The molecule has 4 rings (SSSR count). The Bertz CT molecular complexity index is 1450. The van der Waals surface area contributed by atoms with Gasteiger partial charge in [-0.3, -0.25) is 14.4 Å². The normalized spacial score (nSPS) is 19.0. The van der Waals surface area contributed by atoms with E-state index in [0.717, 1.165) is 5.52 Å². The number of ether oxygens (including phenoxy) is 1. The Morgan fingerprint density at radius 3 is 2.65 bits per heavy atom. The number of benzene rings is 1. The molecule has 0 radical (unpaired) electrons. The first-order valence-electron chi connectivity index (χ1n) is 15.0. The molecular weight excluding hydrogens is 550 g/mol. The summed E-state index contributed by atoms with van der Waals surface area (Å²) in [4.78, 5) is 52.7. The van der Waals surface area contributed by atoms with Crippen LogP contribution < -0.4 is 10.6 Å². The van der Waals surface area contributed by atoms with Crippen molar-refractivity contribution >= 4 is 34.7 Å². The van der Waals surface area contributed by atoms with Crippen LogP contribution in [0.2, 0.25) is 0 Å². The lowest BCUT2D eigenvalue weighted by Gasteiger charge is -2.29. The third-order valence-electron chi connectivity index (χ3n) is 7.90. The lowest BCUT2D eigenvalue weighted by molar-refractivity contribution is -0.138. The molecule has 43 heavy (non-hydrogen) atoms. The molecule has 1 aromatic carbocycles. The second-order valence-electron chi connectivity index (χ2n) is 11.6. The second kappa shape index (κ2) is 14.0. The molecule has 2 aromatic heterocycles. The van der Waals surface area contributed by atoms with Gasteiger partial charge in [-0.15, -0.1) is 0 Å². The molecule has 3 heterocycles. The van der Waals surface area contributed by atoms with Gasteiger partial charge in [-0.1, -0.05) is 13.8 Å². The molecule has 2 N–H and O–H groups in total. The molecule has 1 aliphatic heterocycles. The fourth-order valence-corrected chi connectivity index (χ4v) is 5.34. The zero-order valence-corrected chi connectivity index (χ0v) is 26.4. The summed E-state index contributed by atoms with van der Waals surface area (Å²) in [6.07, 6.45) is 1.34. The van der Waals surface area contributed by atoms with Crippen molar-refractivity contribution in [3.63, 3.8) is 0 Å². The Kier molecular flexibility index (Phi) is 10.4. The van der Waals surface area contributed by atoms with Crippen LogP contribution in [0.5, 0.6) is 0 Å². The van der Waals surface area contributed by atoms with E-state index in [1.165, 1.54) is 4.90 Å². The quantitative estimate of drug-likeness (QED) is 0.397. The monoisotopic (exact) mass is 595 g/mol. The minimum Gasteiger partial charge on any atom is -0.383 e. The van der Waals surface area contributed by atoms with Crippen LogP contribution in [0.4, 0.5) is 5.95 Å². The van der Waals surface area contributed by atoms with E-state index in [0.29, 0.717) is 74.3 Å². The zero-order chi connectivity index (χ0) is 31.3. The van der Waals surface area contributed by atoms with Gasteiger partial charge in [-0.05, 0) is 50.8 Å². The van der Waals surface area contributed by atoms with Crippen molar-refractivity contribution in [1.29, 1.82) is 0 Å². The lowest BCUT2D eigenvalue weighted by Crippen LogP contribution is -2.47. The highest BCUT2D eigenvalue weighted by Gasteiger charge is 2.29. The number of hydrogen-bond acceptors (Lipinski definition) is 8. The van der Waals surface area contributed by atoms with Gasteiger partial charge in [0.05, 0.1) is 30.2 Å². The van der Waals surface area contributed by atoms with Gasteiger partial charge in [-0.25, -0.2) is 14.6 Å². The average molecular weight is 596 g/mol. The van der Waals surface area contributed by atoms with E-state index in [1.54, 1.807) is 30.7 Å². The van der Waals surface area contributed by atoms with Gasteiger partial charge in [0.25, 0.3) is 5.91 Å². The molecule has 1 aliphatic rings. The standard InChI is InChI=1S/C30H45N9O4/c1-19(2)17-24-27-32-21(4)35-39(27)15-14-38(13-8-9-26(40)36(5)20(3)28(41)33-24)29(42)22-10-11-25-23(18-22)34-30(37(25)6)31-12-16-43-7/h10-11,18-20,24H,8-9,12-17H2,1-7H3,(H,31,34)(H,33,41)/t20-,24+/m0/s1. The number of amides is 3. The molecule has 3 aromatic rings. The number of aromatic nitrogens is 5. The zero-order valence-electron chi connectivity index (χ0n) is 26.4. The predicted molar refractivity (Wildman–Crippen MR) is 164 cm³/mol. The van der Waals surface area contributed by atoms with Crippen molar-refractivity contribution in [2.24, 2.45) is 13.0 Å². The largest absolute Gasteiger partial charge is 0.383 e. The number of rotatable bonds is 7. The highest BCUT2D eigenvalue weighted by Crippen LogP contribution is 2.23. The van der Waals surface area contributed by atoms with Crippen molar-refractivity contribution < 1.29 is 19.1 Å². The summed E-state index contributed by atoms with van der Waals surface area (Å²) in [5, 5.41) is 11.0. The third kappa shape index (κ3) is 7.51.